The molecule has 0 heterocycles. The van der Waals surface area contributed by atoms with E-state index in [2.05, 4.69) is 26.0 Å². The zero-order chi connectivity index (χ0) is 19.5. The predicted molar refractivity (Wildman–Crippen MR) is 122 cm³/mol. The van der Waals surface area contributed by atoms with Crippen molar-refractivity contribution < 1.29 is 0 Å². The molecule has 0 aromatic heterocycles. The Labute approximate surface area is 171 Å². The SMILES string of the molecule is CC.CC1=CC=C(CCCCC2CCCC(C3CCC(C)CC3)CC2)CC1. The summed E-state index contributed by atoms with van der Waals surface area (Å²) >= 11 is 0. The van der Waals surface area contributed by atoms with E-state index in [-0.39, 0.29) is 0 Å². The van der Waals surface area contributed by atoms with Crippen molar-refractivity contribution in [1.82, 2.24) is 0 Å². The molecule has 2 atom stereocenters. The molecule has 0 spiro atoms. The Hall–Kier alpha value is -0.520. The Morgan fingerprint density at radius 3 is 2.19 bits per heavy atom. The maximum atomic E-state index is 2.46. The van der Waals surface area contributed by atoms with Gasteiger partial charge in [-0.05, 0) is 75.5 Å². The molecular weight excluding hydrogens is 324 g/mol. The van der Waals surface area contributed by atoms with Gasteiger partial charge in [0.1, 0.15) is 0 Å². The lowest BCUT2D eigenvalue weighted by atomic mass is 9.74. The molecule has 0 radical (unpaired) electrons. The summed E-state index contributed by atoms with van der Waals surface area (Å²) < 4.78 is 0. The Bertz CT molecular complexity index is 447. The molecule has 0 aromatic rings. The zero-order valence-corrected chi connectivity index (χ0v) is 19.1. The molecule has 0 amide bonds. The third kappa shape index (κ3) is 8.16. The molecule has 156 valence electrons. The molecule has 0 aromatic carbocycles. The van der Waals surface area contributed by atoms with Crippen LogP contribution in [0.4, 0.5) is 0 Å². The summed E-state index contributed by atoms with van der Waals surface area (Å²) in [5, 5.41) is 0. The summed E-state index contributed by atoms with van der Waals surface area (Å²) in [6.45, 7) is 8.72. The standard InChI is InChI=1S/C25H42.C2H6/c1-20-10-14-23(15-11-20)7-4-3-6-22-8-5-9-24(19-16-22)25-17-12-21(2)13-18-25;1-2/h10,14,21-22,24-25H,3-9,11-13,15-19H2,1-2H3;1-2H3. The highest BCUT2D eigenvalue weighted by atomic mass is 14.3. The van der Waals surface area contributed by atoms with Crippen molar-refractivity contribution in [3.8, 4) is 0 Å². The third-order valence-corrected chi connectivity index (χ3v) is 7.66. The molecule has 3 aliphatic rings. The summed E-state index contributed by atoms with van der Waals surface area (Å²) in [6.07, 6.45) is 26.9. The van der Waals surface area contributed by atoms with Crippen LogP contribution in [0.25, 0.3) is 0 Å². The monoisotopic (exact) mass is 372 g/mol. The molecule has 27 heavy (non-hydrogen) atoms. The number of allylic oxidation sites excluding steroid dienone is 4. The smallest absolute Gasteiger partial charge is 0.0280 e. The molecule has 0 nitrogen and oxygen atoms in total. The van der Waals surface area contributed by atoms with E-state index >= 15 is 0 Å². The Balaban J connectivity index is 0.00000126. The summed E-state index contributed by atoms with van der Waals surface area (Å²) in [4.78, 5) is 0. The van der Waals surface area contributed by atoms with E-state index in [1.165, 1.54) is 64.2 Å². The van der Waals surface area contributed by atoms with Gasteiger partial charge in [-0.1, -0.05) is 95.4 Å². The highest BCUT2D eigenvalue weighted by Crippen LogP contribution is 2.41. The van der Waals surface area contributed by atoms with Crippen LogP contribution in [-0.2, 0) is 0 Å². The quantitative estimate of drug-likeness (QED) is 0.322. The zero-order valence-electron chi connectivity index (χ0n) is 19.1. The molecule has 2 saturated carbocycles. The highest BCUT2D eigenvalue weighted by molar-refractivity contribution is 5.22. The fraction of sp³-hybridized carbons (Fsp3) is 0.852. The Kier molecular flexibility index (Phi) is 10.8. The second kappa shape index (κ2) is 12.8. The summed E-state index contributed by atoms with van der Waals surface area (Å²) in [6, 6.07) is 0. The van der Waals surface area contributed by atoms with Gasteiger partial charge in [0.05, 0.1) is 0 Å². The van der Waals surface area contributed by atoms with Crippen molar-refractivity contribution in [1.29, 1.82) is 0 Å². The fourth-order valence-corrected chi connectivity index (χ4v) is 5.70. The van der Waals surface area contributed by atoms with E-state index in [1.54, 1.807) is 43.3 Å². The number of hydrogen-bond donors (Lipinski definition) is 0. The molecule has 0 bridgehead atoms. The van der Waals surface area contributed by atoms with Gasteiger partial charge in [0.15, 0.2) is 0 Å². The van der Waals surface area contributed by atoms with E-state index in [4.69, 9.17) is 0 Å². The molecule has 3 aliphatic carbocycles. The first-order valence-corrected chi connectivity index (χ1v) is 12.6. The lowest BCUT2D eigenvalue weighted by molar-refractivity contribution is 0.194. The number of unbranched alkanes of at least 4 members (excludes halogenated alkanes) is 1. The topological polar surface area (TPSA) is 0 Å². The Morgan fingerprint density at radius 2 is 1.48 bits per heavy atom. The highest BCUT2D eigenvalue weighted by Gasteiger charge is 2.28. The second-order valence-electron chi connectivity index (χ2n) is 9.74. The van der Waals surface area contributed by atoms with Gasteiger partial charge in [-0.3, -0.25) is 0 Å². The molecule has 2 unspecified atom stereocenters. The van der Waals surface area contributed by atoms with Crippen LogP contribution in [0, 0.1) is 23.7 Å². The first-order chi connectivity index (χ1) is 13.2. The van der Waals surface area contributed by atoms with E-state index < -0.39 is 0 Å². The minimum absolute atomic E-state index is 1.01. The van der Waals surface area contributed by atoms with Crippen molar-refractivity contribution in [2.24, 2.45) is 23.7 Å². The summed E-state index contributed by atoms with van der Waals surface area (Å²) in [5.74, 6) is 4.23. The van der Waals surface area contributed by atoms with Crippen LogP contribution in [-0.4, -0.2) is 0 Å². The van der Waals surface area contributed by atoms with Crippen molar-refractivity contribution >= 4 is 0 Å². The van der Waals surface area contributed by atoms with Crippen LogP contribution in [0.2, 0.25) is 0 Å². The van der Waals surface area contributed by atoms with Gasteiger partial charge in [0.2, 0.25) is 0 Å². The van der Waals surface area contributed by atoms with Gasteiger partial charge < -0.3 is 0 Å². The van der Waals surface area contributed by atoms with E-state index in [0.717, 1.165) is 23.7 Å². The predicted octanol–water partition coefficient (Wildman–Crippen LogP) is 9.26. The van der Waals surface area contributed by atoms with Crippen molar-refractivity contribution in [3.05, 3.63) is 23.3 Å². The summed E-state index contributed by atoms with van der Waals surface area (Å²) in [7, 11) is 0. The average Bonchev–Trinajstić information content (AvgIpc) is 2.95. The Morgan fingerprint density at radius 1 is 0.778 bits per heavy atom. The minimum atomic E-state index is 1.01. The molecule has 3 rings (SSSR count). The minimum Gasteiger partial charge on any atom is -0.0730 e. The van der Waals surface area contributed by atoms with Crippen LogP contribution in [0.3, 0.4) is 0 Å². The molecule has 0 saturated heterocycles. The maximum Gasteiger partial charge on any atom is -0.0280 e. The van der Waals surface area contributed by atoms with E-state index in [9.17, 15) is 0 Å². The van der Waals surface area contributed by atoms with Gasteiger partial charge in [0.25, 0.3) is 0 Å². The van der Waals surface area contributed by atoms with Crippen LogP contribution in [0.5, 0.6) is 0 Å². The van der Waals surface area contributed by atoms with Crippen molar-refractivity contribution in [2.45, 2.75) is 124 Å². The average molecular weight is 373 g/mol. The van der Waals surface area contributed by atoms with Gasteiger partial charge in [-0.15, -0.1) is 0 Å². The second-order valence-corrected chi connectivity index (χ2v) is 9.74. The first kappa shape index (κ1) is 22.8. The lowest BCUT2D eigenvalue weighted by Crippen LogP contribution is -2.20. The van der Waals surface area contributed by atoms with Gasteiger partial charge in [-0.25, -0.2) is 0 Å². The van der Waals surface area contributed by atoms with Crippen LogP contribution < -0.4 is 0 Å². The number of rotatable bonds is 6. The fourth-order valence-electron chi connectivity index (χ4n) is 5.70. The lowest BCUT2D eigenvalue weighted by Gasteiger charge is -2.32. The molecule has 0 aliphatic heterocycles. The van der Waals surface area contributed by atoms with Gasteiger partial charge >= 0.3 is 0 Å². The van der Waals surface area contributed by atoms with Gasteiger partial charge in [-0.2, -0.15) is 0 Å². The third-order valence-electron chi connectivity index (χ3n) is 7.66. The van der Waals surface area contributed by atoms with Crippen LogP contribution in [0.15, 0.2) is 23.3 Å². The largest absolute Gasteiger partial charge is 0.0730 e. The molecular formula is C27H48. The number of hydrogen-bond acceptors (Lipinski definition) is 0. The van der Waals surface area contributed by atoms with Crippen LogP contribution >= 0.6 is 0 Å². The van der Waals surface area contributed by atoms with Crippen molar-refractivity contribution in [3.63, 3.8) is 0 Å². The summed E-state index contributed by atoms with van der Waals surface area (Å²) in [5.41, 5.74) is 3.27. The normalized spacial score (nSPS) is 31.9. The maximum absolute atomic E-state index is 2.46. The molecule has 2 fully saturated rings. The molecule has 0 heteroatoms. The van der Waals surface area contributed by atoms with E-state index in [1.807, 2.05) is 13.8 Å². The van der Waals surface area contributed by atoms with Gasteiger partial charge in [0, 0.05) is 0 Å². The van der Waals surface area contributed by atoms with Crippen molar-refractivity contribution in [2.75, 3.05) is 0 Å². The molecule has 0 N–H and O–H groups in total. The van der Waals surface area contributed by atoms with Crippen LogP contribution in [0.1, 0.15) is 124 Å². The first-order valence-electron chi connectivity index (χ1n) is 12.6. The van der Waals surface area contributed by atoms with E-state index in [0.29, 0.717) is 0 Å².